The largest absolute Gasteiger partial charge is 0.488 e. The summed E-state index contributed by atoms with van der Waals surface area (Å²) in [5.41, 5.74) is 1.35. The first kappa shape index (κ1) is 12.2. The lowest BCUT2D eigenvalue weighted by molar-refractivity contribution is -0.113. The quantitative estimate of drug-likeness (QED) is 0.924. The van der Waals surface area contributed by atoms with Crippen molar-refractivity contribution in [3.05, 3.63) is 45.9 Å². The van der Waals surface area contributed by atoms with Crippen LogP contribution in [0.4, 0.5) is 5.13 Å². The fourth-order valence-electron chi connectivity index (χ4n) is 1.74. The van der Waals surface area contributed by atoms with Gasteiger partial charge in [-0.3, -0.25) is 10.1 Å². The zero-order valence-electron chi connectivity index (χ0n) is 9.72. The molecule has 2 heterocycles. The number of thiazole rings is 1. The number of anilines is 1. The lowest BCUT2D eigenvalue weighted by atomic mass is 10.1. The highest BCUT2D eigenvalue weighted by Gasteiger charge is 2.18. The second-order valence-corrected chi connectivity index (χ2v) is 5.26. The first-order chi connectivity index (χ1) is 9.22. The normalized spacial score (nSPS) is 13.2. The third-order valence-electron chi connectivity index (χ3n) is 2.63. The van der Waals surface area contributed by atoms with Crippen LogP contribution >= 0.6 is 22.9 Å². The molecule has 1 aromatic heterocycles. The Morgan fingerprint density at radius 2 is 2.37 bits per heavy atom. The summed E-state index contributed by atoms with van der Waals surface area (Å²) in [5.74, 6) is 0.524. The van der Waals surface area contributed by atoms with Crippen LogP contribution < -0.4 is 10.1 Å². The third-order valence-corrected chi connectivity index (χ3v) is 3.55. The van der Waals surface area contributed by atoms with E-state index in [0.29, 0.717) is 15.7 Å². The van der Waals surface area contributed by atoms with E-state index in [0.717, 1.165) is 11.3 Å². The minimum absolute atomic E-state index is 0.208. The predicted molar refractivity (Wildman–Crippen MR) is 75.7 cm³/mol. The minimum Gasteiger partial charge on any atom is -0.488 e. The summed E-state index contributed by atoms with van der Waals surface area (Å²) in [6.07, 6.45) is 3.43. The third kappa shape index (κ3) is 2.62. The van der Waals surface area contributed by atoms with Crippen LogP contribution in [0.1, 0.15) is 5.56 Å². The average molecular weight is 293 g/mol. The Morgan fingerprint density at radius 1 is 1.47 bits per heavy atom. The Bertz CT molecular complexity index is 653. The number of ether oxygens (including phenoxy) is 1. The molecule has 19 heavy (non-hydrogen) atoms. The molecule has 0 spiro atoms. The molecule has 0 unspecified atom stereocenters. The van der Waals surface area contributed by atoms with E-state index in [2.05, 4.69) is 10.3 Å². The van der Waals surface area contributed by atoms with E-state index in [1.807, 2.05) is 0 Å². The van der Waals surface area contributed by atoms with Gasteiger partial charge in [-0.1, -0.05) is 11.6 Å². The van der Waals surface area contributed by atoms with Gasteiger partial charge in [0.2, 0.25) is 0 Å². The maximum Gasteiger partial charge on any atom is 0.256 e. The van der Waals surface area contributed by atoms with Gasteiger partial charge in [-0.2, -0.15) is 0 Å². The number of rotatable bonds is 2. The Balaban J connectivity index is 1.84. The van der Waals surface area contributed by atoms with Crippen molar-refractivity contribution in [1.29, 1.82) is 0 Å². The molecule has 1 aliphatic heterocycles. The molecular weight excluding hydrogens is 284 g/mol. The maximum absolute atomic E-state index is 12.0. The molecule has 3 rings (SSSR count). The number of fused-ring (bicyclic) bond motifs is 1. The number of carbonyl (C=O) groups excluding carboxylic acids is 1. The number of benzene rings is 1. The fourth-order valence-corrected chi connectivity index (χ4v) is 2.45. The highest BCUT2D eigenvalue weighted by Crippen LogP contribution is 2.29. The Labute approximate surface area is 118 Å². The van der Waals surface area contributed by atoms with Crippen LogP contribution in [0.5, 0.6) is 5.75 Å². The standard InChI is InChI=1S/C13H9ClN2O2S/c14-10-1-2-11-8(6-10)5-9(7-18-11)12(17)16-13-15-3-4-19-13/h1-6H,7H2,(H,15,16,17). The van der Waals surface area contributed by atoms with Crippen LogP contribution in [0.2, 0.25) is 5.02 Å². The summed E-state index contributed by atoms with van der Waals surface area (Å²) < 4.78 is 5.53. The first-order valence-corrected chi connectivity index (χ1v) is 6.82. The number of carbonyl (C=O) groups is 1. The molecule has 4 nitrogen and oxygen atoms in total. The molecule has 2 aromatic rings. The van der Waals surface area contributed by atoms with Gasteiger partial charge in [0, 0.05) is 22.2 Å². The van der Waals surface area contributed by atoms with E-state index in [4.69, 9.17) is 16.3 Å². The summed E-state index contributed by atoms with van der Waals surface area (Å²) >= 11 is 7.30. The van der Waals surface area contributed by atoms with Crippen molar-refractivity contribution in [2.24, 2.45) is 0 Å². The van der Waals surface area contributed by atoms with Crippen molar-refractivity contribution in [1.82, 2.24) is 4.98 Å². The van der Waals surface area contributed by atoms with Crippen molar-refractivity contribution in [2.45, 2.75) is 0 Å². The number of amides is 1. The summed E-state index contributed by atoms with van der Waals surface area (Å²) in [6.45, 7) is 0.242. The van der Waals surface area contributed by atoms with Gasteiger partial charge in [-0.25, -0.2) is 4.98 Å². The Kier molecular flexibility index (Phi) is 3.23. The SMILES string of the molecule is O=C(Nc1nccs1)C1=Cc2cc(Cl)ccc2OC1. The lowest BCUT2D eigenvalue weighted by Crippen LogP contribution is -2.21. The molecule has 0 saturated heterocycles. The number of nitrogens with one attached hydrogen (secondary N) is 1. The molecule has 0 fully saturated rings. The molecule has 96 valence electrons. The average Bonchev–Trinajstić information content (AvgIpc) is 2.90. The lowest BCUT2D eigenvalue weighted by Gasteiger charge is -2.17. The van der Waals surface area contributed by atoms with E-state index in [1.54, 1.807) is 35.9 Å². The van der Waals surface area contributed by atoms with E-state index in [1.165, 1.54) is 11.3 Å². The molecule has 0 aliphatic carbocycles. The summed E-state index contributed by atoms with van der Waals surface area (Å²) in [7, 11) is 0. The van der Waals surface area contributed by atoms with Gasteiger partial charge in [0.1, 0.15) is 12.4 Å². The van der Waals surface area contributed by atoms with Gasteiger partial charge in [-0.15, -0.1) is 11.3 Å². The summed E-state index contributed by atoms with van der Waals surface area (Å²) in [5, 5.41) is 5.71. The summed E-state index contributed by atoms with van der Waals surface area (Å²) in [6, 6.07) is 5.32. The molecule has 1 N–H and O–H groups in total. The number of aromatic nitrogens is 1. The topological polar surface area (TPSA) is 51.2 Å². The molecule has 1 aliphatic rings. The van der Waals surface area contributed by atoms with Crippen molar-refractivity contribution < 1.29 is 9.53 Å². The number of nitrogens with zero attached hydrogens (tertiary/aromatic N) is 1. The van der Waals surface area contributed by atoms with Crippen molar-refractivity contribution in [3.63, 3.8) is 0 Å². The van der Waals surface area contributed by atoms with Gasteiger partial charge in [0.05, 0.1) is 5.57 Å². The molecular formula is C13H9ClN2O2S. The van der Waals surface area contributed by atoms with Gasteiger partial charge in [0.25, 0.3) is 5.91 Å². The van der Waals surface area contributed by atoms with Crippen LogP contribution in [-0.4, -0.2) is 17.5 Å². The highest BCUT2D eigenvalue weighted by molar-refractivity contribution is 7.13. The molecule has 0 atom stereocenters. The van der Waals surface area contributed by atoms with Crippen molar-refractivity contribution in [3.8, 4) is 5.75 Å². The van der Waals surface area contributed by atoms with Crippen LogP contribution in [0, 0.1) is 0 Å². The van der Waals surface area contributed by atoms with E-state index in [9.17, 15) is 4.79 Å². The second-order valence-electron chi connectivity index (χ2n) is 3.93. The highest BCUT2D eigenvalue weighted by atomic mass is 35.5. The number of hydrogen-bond donors (Lipinski definition) is 1. The van der Waals surface area contributed by atoms with E-state index in [-0.39, 0.29) is 12.5 Å². The van der Waals surface area contributed by atoms with E-state index < -0.39 is 0 Å². The number of halogens is 1. The van der Waals surface area contributed by atoms with Gasteiger partial charge >= 0.3 is 0 Å². The maximum atomic E-state index is 12.0. The second kappa shape index (κ2) is 5.03. The van der Waals surface area contributed by atoms with Crippen molar-refractivity contribution in [2.75, 3.05) is 11.9 Å². The Morgan fingerprint density at radius 3 is 3.16 bits per heavy atom. The van der Waals surface area contributed by atoms with Crippen molar-refractivity contribution >= 4 is 40.1 Å². The molecule has 0 radical (unpaired) electrons. The molecule has 0 bridgehead atoms. The smallest absolute Gasteiger partial charge is 0.256 e. The Hall–Kier alpha value is -1.85. The zero-order valence-corrected chi connectivity index (χ0v) is 11.3. The van der Waals surface area contributed by atoms with Crippen LogP contribution in [0.15, 0.2) is 35.3 Å². The molecule has 1 aromatic carbocycles. The first-order valence-electron chi connectivity index (χ1n) is 5.56. The monoisotopic (exact) mass is 292 g/mol. The van der Waals surface area contributed by atoms with Gasteiger partial charge in [0.15, 0.2) is 5.13 Å². The minimum atomic E-state index is -0.208. The van der Waals surface area contributed by atoms with Crippen LogP contribution in [0.3, 0.4) is 0 Å². The van der Waals surface area contributed by atoms with E-state index >= 15 is 0 Å². The van der Waals surface area contributed by atoms with Gasteiger partial charge < -0.3 is 4.74 Å². The fraction of sp³-hybridized carbons (Fsp3) is 0.0769. The van der Waals surface area contributed by atoms with Gasteiger partial charge in [-0.05, 0) is 24.3 Å². The number of hydrogen-bond acceptors (Lipinski definition) is 4. The predicted octanol–water partition coefficient (Wildman–Crippen LogP) is 3.21. The summed E-state index contributed by atoms with van der Waals surface area (Å²) in [4.78, 5) is 16.0. The molecule has 6 heteroatoms. The van der Waals surface area contributed by atoms with Crippen LogP contribution in [0.25, 0.3) is 6.08 Å². The zero-order chi connectivity index (χ0) is 13.2. The molecule has 0 saturated carbocycles. The van der Waals surface area contributed by atoms with Crippen LogP contribution in [-0.2, 0) is 4.79 Å². The molecule has 1 amide bonds.